The van der Waals surface area contributed by atoms with Gasteiger partial charge in [-0.05, 0) is 31.0 Å². The van der Waals surface area contributed by atoms with Crippen molar-refractivity contribution in [2.45, 2.75) is 43.6 Å². The summed E-state index contributed by atoms with van der Waals surface area (Å²) in [4.78, 5) is 2.38. The Morgan fingerprint density at radius 1 is 1.48 bits per heavy atom. The SMILES string of the molecule is C=CCN1[C@@H](C)CC2(C[C@H]1c1cn(C)nn1)OC(C#N)c1cc(Cl)ccc12. The van der Waals surface area contributed by atoms with Gasteiger partial charge in [-0.1, -0.05) is 29.0 Å². The molecule has 0 bridgehead atoms. The molecule has 1 saturated heterocycles. The van der Waals surface area contributed by atoms with Crippen molar-refractivity contribution in [3.8, 4) is 6.07 Å². The molecule has 2 unspecified atom stereocenters. The molecule has 7 heteroatoms. The summed E-state index contributed by atoms with van der Waals surface area (Å²) in [5.74, 6) is 0. The van der Waals surface area contributed by atoms with Crippen LogP contribution in [-0.2, 0) is 17.4 Å². The van der Waals surface area contributed by atoms with Gasteiger partial charge in [0.05, 0.1) is 23.4 Å². The molecule has 4 atom stereocenters. The van der Waals surface area contributed by atoms with E-state index < -0.39 is 11.7 Å². The molecule has 27 heavy (non-hydrogen) atoms. The van der Waals surface area contributed by atoms with Crippen LogP contribution in [0, 0.1) is 11.3 Å². The minimum atomic E-state index is -0.598. The third kappa shape index (κ3) is 2.96. The first-order valence-electron chi connectivity index (χ1n) is 9.07. The van der Waals surface area contributed by atoms with Gasteiger partial charge in [-0.3, -0.25) is 9.58 Å². The highest BCUT2D eigenvalue weighted by molar-refractivity contribution is 6.30. The number of nitriles is 1. The maximum atomic E-state index is 9.64. The van der Waals surface area contributed by atoms with E-state index in [-0.39, 0.29) is 12.1 Å². The maximum absolute atomic E-state index is 9.64. The van der Waals surface area contributed by atoms with E-state index in [2.05, 4.69) is 34.8 Å². The molecule has 2 aromatic rings. The zero-order valence-corrected chi connectivity index (χ0v) is 16.2. The summed E-state index contributed by atoms with van der Waals surface area (Å²) in [5, 5.41) is 18.7. The summed E-state index contributed by atoms with van der Waals surface area (Å²) in [5.41, 5.74) is 2.33. The van der Waals surface area contributed by atoms with E-state index >= 15 is 0 Å². The van der Waals surface area contributed by atoms with E-state index in [9.17, 15) is 5.26 Å². The number of aryl methyl sites for hydroxylation is 1. The Morgan fingerprint density at radius 2 is 2.30 bits per heavy atom. The number of hydrogen-bond donors (Lipinski definition) is 0. The second kappa shape index (κ2) is 6.75. The van der Waals surface area contributed by atoms with Crippen molar-refractivity contribution in [1.29, 1.82) is 5.26 Å². The molecule has 0 N–H and O–H groups in total. The summed E-state index contributed by atoms with van der Waals surface area (Å²) in [6.45, 7) is 6.86. The van der Waals surface area contributed by atoms with Crippen LogP contribution in [0.25, 0.3) is 0 Å². The van der Waals surface area contributed by atoms with Crippen LogP contribution in [0.15, 0.2) is 37.1 Å². The molecule has 0 saturated carbocycles. The number of rotatable bonds is 3. The van der Waals surface area contributed by atoms with E-state index in [1.807, 2.05) is 37.5 Å². The van der Waals surface area contributed by atoms with Gasteiger partial charge < -0.3 is 4.74 Å². The zero-order chi connectivity index (χ0) is 19.2. The van der Waals surface area contributed by atoms with Crippen LogP contribution in [0.1, 0.15) is 48.7 Å². The van der Waals surface area contributed by atoms with Crippen molar-refractivity contribution in [1.82, 2.24) is 19.9 Å². The van der Waals surface area contributed by atoms with Gasteiger partial charge in [0, 0.05) is 42.8 Å². The quantitative estimate of drug-likeness (QED) is 0.756. The normalized spacial score (nSPS) is 30.2. The average molecular weight is 384 g/mol. The molecule has 1 aromatic heterocycles. The molecule has 2 aliphatic rings. The number of hydrogen-bond acceptors (Lipinski definition) is 5. The van der Waals surface area contributed by atoms with Crippen molar-refractivity contribution >= 4 is 11.6 Å². The van der Waals surface area contributed by atoms with Crippen LogP contribution < -0.4 is 0 Å². The largest absolute Gasteiger partial charge is 0.347 e. The predicted octanol–water partition coefficient (Wildman–Crippen LogP) is 3.67. The second-order valence-corrected chi connectivity index (χ2v) is 7.86. The van der Waals surface area contributed by atoms with E-state index in [0.29, 0.717) is 11.4 Å². The number of aromatic nitrogens is 3. The Hall–Kier alpha value is -2.20. The van der Waals surface area contributed by atoms with Gasteiger partial charge in [0.15, 0.2) is 6.10 Å². The number of halogens is 1. The van der Waals surface area contributed by atoms with Crippen LogP contribution in [0.5, 0.6) is 0 Å². The third-order valence-corrected chi connectivity index (χ3v) is 5.90. The molecular formula is C20H22ClN5O. The number of fused-ring (bicyclic) bond motifs is 2. The smallest absolute Gasteiger partial charge is 0.170 e. The minimum Gasteiger partial charge on any atom is -0.347 e. The summed E-state index contributed by atoms with van der Waals surface area (Å²) >= 11 is 6.19. The molecule has 2 aliphatic heterocycles. The Labute approximate surface area is 164 Å². The molecule has 3 heterocycles. The maximum Gasteiger partial charge on any atom is 0.170 e. The van der Waals surface area contributed by atoms with Gasteiger partial charge in [-0.2, -0.15) is 5.26 Å². The molecule has 0 amide bonds. The van der Waals surface area contributed by atoms with Gasteiger partial charge in [0.25, 0.3) is 0 Å². The molecule has 0 aliphatic carbocycles. The van der Waals surface area contributed by atoms with Crippen LogP contribution in [-0.4, -0.2) is 32.5 Å². The minimum absolute atomic E-state index is 0.0291. The molecule has 6 nitrogen and oxygen atoms in total. The van der Waals surface area contributed by atoms with Crippen LogP contribution >= 0.6 is 11.6 Å². The zero-order valence-electron chi connectivity index (χ0n) is 15.5. The molecule has 4 rings (SSSR count). The molecular weight excluding hydrogens is 362 g/mol. The standard InChI is InChI=1S/C20H22ClN5O/c1-4-7-26-13(2)9-20(10-18(26)17-12-25(3)24-23-17)16-6-5-14(21)8-15(16)19(11-22)27-20/h4-6,8,12-13,18-19H,1,7,9-10H2,2-3H3/t13-,18-,19?,20?/m0/s1. The number of benzene rings is 1. The van der Waals surface area contributed by atoms with E-state index in [1.54, 1.807) is 4.68 Å². The van der Waals surface area contributed by atoms with Gasteiger partial charge in [-0.15, -0.1) is 11.7 Å². The van der Waals surface area contributed by atoms with Crippen molar-refractivity contribution in [3.63, 3.8) is 0 Å². The second-order valence-electron chi connectivity index (χ2n) is 7.43. The fraction of sp³-hybridized carbons (Fsp3) is 0.450. The highest BCUT2D eigenvalue weighted by Crippen LogP contribution is 2.54. The Bertz CT molecular complexity index is 919. The first-order chi connectivity index (χ1) is 13.0. The van der Waals surface area contributed by atoms with Crippen molar-refractivity contribution in [2.75, 3.05) is 6.54 Å². The Morgan fingerprint density at radius 3 is 2.96 bits per heavy atom. The average Bonchev–Trinajstić information content (AvgIpc) is 3.19. The molecule has 1 spiro atoms. The monoisotopic (exact) mass is 383 g/mol. The lowest BCUT2D eigenvalue weighted by molar-refractivity contribution is -0.123. The van der Waals surface area contributed by atoms with E-state index in [4.69, 9.17) is 16.3 Å². The molecule has 140 valence electrons. The summed E-state index contributed by atoms with van der Waals surface area (Å²) in [6.07, 6.45) is 4.77. The molecule has 1 fully saturated rings. The third-order valence-electron chi connectivity index (χ3n) is 5.66. The molecule has 0 radical (unpaired) electrons. The highest BCUT2D eigenvalue weighted by atomic mass is 35.5. The van der Waals surface area contributed by atoms with Crippen molar-refractivity contribution in [3.05, 3.63) is 58.9 Å². The van der Waals surface area contributed by atoms with E-state index in [0.717, 1.165) is 29.8 Å². The van der Waals surface area contributed by atoms with Crippen LogP contribution in [0.4, 0.5) is 0 Å². The van der Waals surface area contributed by atoms with Gasteiger partial charge in [0.1, 0.15) is 0 Å². The van der Waals surface area contributed by atoms with Crippen LogP contribution in [0.2, 0.25) is 5.02 Å². The van der Waals surface area contributed by atoms with Gasteiger partial charge in [0.2, 0.25) is 0 Å². The number of ether oxygens (including phenoxy) is 1. The fourth-order valence-electron chi connectivity index (χ4n) is 4.59. The van der Waals surface area contributed by atoms with E-state index in [1.165, 1.54) is 0 Å². The lowest BCUT2D eigenvalue weighted by Crippen LogP contribution is -2.49. The summed E-state index contributed by atoms with van der Waals surface area (Å²) < 4.78 is 8.11. The summed E-state index contributed by atoms with van der Waals surface area (Å²) in [7, 11) is 1.87. The van der Waals surface area contributed by atoms with Crippen LogP contribution in [0.3, 0.4) is 0 Å². The summed E-state index contributed by atoms with van der Waals surface area (Å²) in [6, 6.07) is 8.29. The topological polar surface area (TPSA) is 67.0 Å². The van der Waals surface area contributed by atoms with Crippen molar-refractivity contribution < 1.29 is 4.74 Å². The number of piperidine rings is 1. The predicted molar refractivity (Wildman–Crippen MR) is 102 cm³/mol. The fourth-order valence-corrected chi connectivity index (χ4v) is 4.77. The Kier molecular flexibility index (Phi) is 4.55. The Balaban J connectivity index is 1.79. The lowest BCUT2D eigenvalue weighted by Gasteiger charge is -2.47. The molecule has 1 aromatic carbocycles. The van der Waals surface area contributed by atoms with Gasteiger partial charge in [-0.25, -0.2) is 0 Å². The number of nitrogens with zero attached hydrogens (tertiary/aromatic N) is 5. The first-order valence-corrected chi connectivity index (χ1v) is 9.45. The first kappa shape index (κ1) is 18.2. The van der Waals surface area contributed by atoms with Gasteiger partial charge >= 0.3 is 0 Å². The lowest BCUT2D eigenvalue weighted by atomic mass is 9.76. The number of likely N-dealkylation sites (tertiary alicyclic amines) is 1. The van der Waals surface area contributed by atoms with Crippen molar-refractivity contribution in [2.24, 2.45) is 7.05 Å². The highest BCUT2D eigenvalue weighted by Gasteiger charge is 2.52.